The third-order valence-corrected chi connectivity index (χ3v) is 1.69. The normalized spacial score (nSPS) is 15.7. The molecule has 1 amide bonds. The van der Waals surface area contributed by atoms with Gasteiger partial charge in [-0.1, -0.05) is 30.3 Å². The quantitative estimate of drug-likeness (QED) is 0.652. The maximum atomic E-state index is 10.8. The van der Waals surface area contributed by atoms with Crippen molar-refractivity contribution in [2.75, 3.05) is 6.54 Å². The Morgan fingerprint density at radius 1 is 1.25 bits per heavy atom. The number of hydrogen-bond donors (Lipinski definition) is 1. The van der Waals surface area contributed by atoms with Crippen LogP contribution in [-0.2, 0) is 4.79 Å². The lowest BCUT2D eigenvalue weighted by atomic mass is 10.2. The molecule has 1 aliphatic rings. The number of hydrogen-bond acceptors (Lipinski definition) is 2. The van der Waals surface area contributed by atoms with Crippen LogP contribution in [0.3, 0.4) is 0 Å². The van der Waals surface area contributed by atoms with Gasteiger partial charge in [0.15, 0.2) is 0 Å². The third-order valence-electron chi connectivity index (χ3n) is 1.69. The standard InChI is InChI=1S/C9H8N2O/c12-8-6-10-9(11-8)7-4-2-1-3-5-7/h1-5H,6H2,(H,10,11,12). The van der Waals surface area contributed by atoms with Crippen LogP contribution in [0.2, 0.25) is 0 Å². The molecule has 0 spiro atoms. The third kappa shape index (κ3) is 1.21. The molecule has 3 heteroatoms. The fourth-order valence-corrected chi connectivity index (χ4v) is 1.13. The Labute approximate surface area is 70.1 Å². The van der Waals surface area contributed by atoms with Crippen molar-refractivity contribution in [3.63, 3.8) is 0 Å². The number of amidine groups is 1. The topological polar surface area (TPSA) is 41.5 Å². The van der Waals surface area contributed by atoms with E-state index in [-0.39, 0.29) is 5.91 Å². The van der Waals surface area contributed by atoms with Crippen molar-refractivity contribution in [2.45, 2.75) is 0 Å². The van der Waals surface area contributed by atoms with Crippen LogP contribution >= 0.6 is 0 Å². The van der Waals surface area contributed by atoms with E-state index in [2.05, 4.69) is 10.3 Å². The van der Waals surface area contributed by atoms with Crippen molar-refractivity contribution < 1.29 is 4.79 Å². The molecule has 1 heterocycles. The molecule has 0 atom stereocenters. The predicted molar refractivity (Wildman–Crippen MR) is 46.0 cm³/mol. The van der Waals surface area contributed by atoms with Gasteiger partial charge in [-0.15, -0.1) is 0 Å². The molecular formula is C9H8N2O. The molecule has 12 heavy (non-hydrogen) atoms. The summed E-state index contributed by atoms with van der Waals surface area (Å²) >= 11 is 0. The minimum absolute atomic E-state index is 0.103. The smallest absolute Gasteiger partial charge is 0.266 e. The van der Waals surface area contributed by atoms with Crippen LogP contribution in [0, 0.1) is 0 Å². The lowest BCUT2D eigenvalue weighted by molar-refractivity contribution is -0.116. The zero-order chi connectivity index (χ0) is 8.39. The number of nitrogens with one attached hydrogen (secondary N) is 1. The summed E-state index contributed by atoms with van der Waals surface area (Å²) in [5.74, 6) is 0.578. The fraction of sp³-hybridized carbons (Fsp3) is 0.111. The zero-order valence-corrected chi connectivity index (χ0v) is 6.45. The molecule has 0 saturated carbocycles. The molecule has 0 bridgehead atoms. The van der Waals surface area contributed by atoms with Gasteiger partial charge in [0.05, 0.1) is 6.54 Å². The highest BCUT2D eigenvalue weighted by atomic mass is 16.1. The number of rotatable bonds is 1. The van der Waals surface area contributed by atoms with Crippen LogP contribution in [0.15, 0.2) is 35.3 Å². The molecular weight excluding hydrogens is 152 g/mol. The first kappa shape index (κ1) is 7.03. The summed E-state index contributed by atoms with van der Waals surface area (Å²) in [5, 5.41) is 2.92. The molecule has 0 radical (unpaired) electrons. The summed E-state index contributed by atoms with van der Waals surface area (Å²) in [6, 6.07) is 9.61. The van der Waals surface area contributed by atoms with Crippen LogP contribution in [0.5, 0.6) is 0 Å². The van der Waals surface area contributed by atoms with Gasteiger partial charge in [0.25, 0.3) is 5.91 Å². The van der Waals surface area contributed by atoms with Gasteiger partial charge >= 0.3 is 0 Å². The van der Waals surface area contributed by atoms with Gasteiger partial charge in [-0.05, 0) is 0 Å². The number of nitrogens with zero attached hydrogens (tertiary/aromatic N) is 1. The van der Waals surface area contributed by atoms with Gasteiger partial charge in [-0.25, -0.2) is 0 Å². The second-order valence-electron chi connectivity index (χ2n) is 2.57. The van der Waals surface area contributed by atoms with Gasteiger partial charge < -0.3 is 5.32 Å². The maximum Gasteiger partial charge on any atom is 0.266 e. The first-order valence-corrected chi connectivity index (χ1v) is 3.77. The van der Waals surface area contributed by atoms with Crippen molar-refractivity contribution in [1.82, 2.24) is 5.32 Å². The number of aliphatic imine (C=N–C) groups is 1. The van der Waals surface area contributed by atoms with E-state index in [4.69, 9.17) is 0 Å². The monoisotopic (exact) mass is 160 g/mol. The van der Waals surface area contributed by atoms with Crippen molar-refractivity contribution in [3.05, 3.63) is 35.9 Å². The Bertz CT molecular complexity index is 330. The second kappa shape index (κ2) is 2.77. The number of benzene rings is 1. The summed E-state index contributed by atoms with van der Waals surface area (Å²) in [7, 11) is 0. The highest BCUT2D eigenvalue weighted by Crippen LogP contribution is 2.02. The molecule has 0 aromatic heterocycles. The van der Waals surface area contributed by atoms with Crippen LogP contribution in [-0.4, -0.2) is 18.3 Å². The summed E-state index contributed by atoms with van der Waals surface area (Å²) in [5.41, 5.74) is 0.961. The van der Waals surface area contributed by atoms with Crippen molar-refractivity contribution in [3.8, 4) is 0 Å². The lowest BCUT2D eigenvalue weighted by Crippen LogP contribution is -2.20. The molecule has 0 fully saturated rings. The molecule has 60 valence electrons. The molecule has 1 aromatic rings. The van der Waals surface area contributed by atoms with E-state index in [9.17, 15) is 4.79 Å². The summed E-state index contributed by atoms with van der Waals surface area (Å²) in [4.78, 5) is 14.6. The molecule has 1 aliphatic heterocycles. The van der Waals surface area contributed by atoms with Crippen molar-refractivity contribution in [2.24, 2.45) is 4.99 Å². The molecule has 1 aromatic carbocycles. The summed E-state index contributed by atoms with van der Waals surface area (Å²) < 4.78 is 0. The Morgan fingerprint density at radius 2 is 2.00 bits per heavy atom. The average Bonchev–Trinajstić information content (AvgIpc) is 2.54. The summed E-state index contributed by atoms with van der Waals surface area (Å²) in [6.07, 6.45) is 0. The number of amides is 1. The zero-order valence-electron chi connectivity index (χ0n) is 6.45. The summed E-state index contributed by atoms with van der Waals surface area (Å²) in [6.45, 7) is 0.324. The molecule has 0 saturated heterocycles. The van der Waals surface area contributed by atoms with Crippen LogP contribution in [0.4, 0.5) is 0 Å². The van der Waals surface area contributed by atoms with Crippen LogP contribution < -0.4 is 5.32 Å². The van der Waals surface area contributed by atoms with Crippen LogP contribution in [0.1, 0.15) is 5.56 Å². The van der Waals surface area contributed by atoms with E-state index < -0.39 is 0 Å². The van der Waals surface area contributed by atoms with E-state index in [1.807, 2.05) is 30.3 Å². The Kier molecular flexibility index (Phi) is 1.63. The Balaban J connectivity index is 2.33. The SMILES string of the molecule is O=C1CNC(c2ccccc2)=N1. The van der Waals surface area contributed by atoms with Crippen LogP contribution in [0.25, 0.3) is 0 Å². The molecule has 1 N–H and O–H groups in total. The minimum atomic E-state index is -0.103. The highest BCUT2D eigenvalue weighted by molar-refractivity contribution is 6.10. The minimum Gasteiger partial charge on any atom is -0.360 e. The Morgan fingerprint density at radius 3 is 2.58 bits per heavy atom. The van der Waals surface area contributed by atoms with Gasteiger partial charge in [-0.3, -0.25) is 4.79 Å². The van der Waals surface area contributed by atoms with E-state index >= 15 is 0 Å². The number of carbonyl (C=O) groups is 1. The van der Waals surface area contributed by atoms with E-state index in [1.165, 1.54) is 0 Å². The molecule has 0 unspecified atom stereocenters. The lowest BCUT2D eigenvalue weighted by Gasteiger charge is -1.98. The van der Waals surface area contributed by atoms with Gasteiger partial charge in [0.2, 0.25) is 0 Å². The average molecular weight is 160 g/mol. The largest absolute Gasteiger partial charge is 0.360 e. The predicted octanol–water partition coefficient (Wildman–Crippen LogP) is 0.563. The van der Waals surface area contributed by atoms with E-state index in [0.717, 1.165) is 5.56 Å². The maximum absolute atomic E-state index is 10.8. The molecule has 0 aliphatic carbocycles. The number of carbonyl (C=O) groups excluding carboxylic acids is 1. The van der Waals surface area contributed by atoms with E-state index in [1.54, 1.807) is 0 Å². The molecule has 3 nitrogen and oxygen atoms in total. The van der Waals surface area contributed by atoms with E-state index in [0.29, 0.717) is 12.4 Å². The van der Waals surface area contributed by atoms with Crippen molar-refractivity contribution >= 4 is 11.7 Å². The van der Waals surface area contributed by atoms with Crippen molar-refractivity contribution in [1.29, 1.82) is 0 Å². The van der Waals surface area contributed by atoms with Gasteiger partial charge in [0, 0.05) is 5.56 Å². The highest BCUT2D eigenvalue weighted by Gasteiger charge is 2.13. The first-order chi connectivity index (χ1) is 5.86. The van der Waals surface area contributed by atoms with Gasteiger partial charge in [0.1, 0.15) is 5.84 Å². The fourth-order valence-electron chi connectivity index (χ4n) is 1.13. The molecule has 2 rings (SSSR count). The first-order valence-electron chi connectivity index (χ1n) is 3.77. The van der Waals surface area contributed by atoms with Gasteiger partial charge in [-0.2, -0.15) is 4.99 Å². The second-order valence-corrected chi connectivity index (χ2v) is 2.57. The Hall–Kier alpha value is -1.64.